The van der Waals surface area contributed by atoms with Gasteiger partial charge in [0, 0.05) is 5.88 Å². The van der Waals surface area contributed by atoms with Gasteiger partial charge in [0.15, 0.2) is 20.5 Å². The van der Waals surface area contributed by atoms with Crippen LogP contribution >= 0.6 is 11.6 Å². The lowest BCUT2D eigenvalue weighted by Crippen LogP contribution is -2.10. The smallest absolute Gasteiger partial charge is 0.197 e. The van der Waals surface area contributed by atoms with Gasteiger partial charge in [-0.15, -0.1) is 11.6 Å². The Bertz CT molecular complexity index is 878. The fraction of sp³-hybridized carbons (Fsp3) is 0.154. The van der Waals surface area contributed by atoms with Gasteiger partial charge in [-0.3, -0.25) is 0 Å². The van der Waals surface area contributed by atoms with Crippen molar-refractivity contribution in [2.24, 2.45) is 0 Å². The van der Waals surface area contributed by atoms with E-state index in [1.165, 1.54) is 12.5 Å². The number of benzene rings is 1. The summed E-state index contributed by atoms with van der Waals surface area (Å²) in [7, 11) is -3.54. The Morgan fingerprint density at radius 1 is 1.14 bits per heavy atom. The second kappa shape index (κ2) is 5.42. The monoisotopic (exact) mass is 322 g/mol. The molecule has 6 nitrogen and oxygen atoms in total. The first-order chi connectivity index (χ1) is 10.1. The van der Waals surface area contributed by atoms with E-state index in [2.05, 4.69) is 15.1 Å². The van der Waals surface area contributed by atoms with Crippen molar-refractivity contribution in [1.82, 2.24) is 19.7 Å². The van der Waals surface area contributed by atoms with E-state index < -0.39 is 9.84 Å². The number of hydrogen-bond donors (Lipinski definition) is 0. The van der Waals surface area contributed by atoms with E-state index in [4.69, 9.17) is 11.6 Å². The maximum atomic E-state index is 12.2. The summed E-state index contributed by atoms with van der Waals surface area (Å²) in [6.07, 6.45) is 2.69. The average Bonchev–Trinajstić information content (AvgIpc) is 2.91. The molecule has 3 rings (SSSR count). The van der Waals surface area contributed by atoms with Crippen LogP contribution in [-0.2, 0) is 9.84 Å². The van der Waals surface area contributed by atoms with Crippen LogP contribution in [-0.4, -0.2) is 39.8 Å². The van der Waals surface area contributed by atoms with Gasteiger partial charge in [0.05, 0.1) is 23.0 Å². The van der Waals surface area contributed by atoms with Gasteiger partial charge in [0.2, 0.25) is 0 Å². The molecule has 0 aliphatic rings. The van der Waals surface area contributed by atoms with E-state index in [1.54, 1.807) is 4.68 Å². The molecule has 21 heavy (non-hydrogen) atoms. The zero-order valence-electron chi connectivity index (χ0n) is 10.8. The summed E-state index contributed by atoms with van der Waals surface area (Å²) >= 11 is 5.54. The Balaban J connectivity index is 2.22. The summed E-state index contributed by atoms with van der Waals surface area (Å²) in [5.41, 5.74) is 1.25. The summed E-state index contributed by atoms with van der Waals surface area (Å²) in [5, 5.41) is 4.58. The zero-order valence-corrected chi connectivity index (χ0v) is 12.4. The number of para-hydroxylation sites is 1. The quantitative estimate of drug-likeness (QED) is 0.541. The highest BCUT2D eigenvalue weighted by atomic mass is 35.5. The molecule has 0 saturated carbocycles. The molecule has 0 fully saturated rings. The van der Waals surface area contributed by atoms with Gasteiger partial charge in [0.25, 0.3) is 0 Å². The first kappa shape index (κ1) is 14.0. The van der Waals surface area contributed by atoms with Gasteiger partial charge in [-0.05, 0) is 12.1 Å². The van der Waals surface area contributed by atoms with Crippen LogP contribution in [0.4, 0.5) is 0 Å². The van der Waals surface area contributed by atoms with Gasteiger partial charge in [-0.25, -0.2) is 23.1 Å². The molecular formula is C13H11ClN4O2S. The van der Waals surface area contributed by atoms with E-state index in [0.717, 1.165) is 5.69 Å². The first-order valence-corrected chi connectivity index (χ1v) is 8.35. The van der Waals surface area contributed by atoms with E-state index in [9.17, 15) is 8.42 Å². The second-order valence-electron chi connectivity index (χ2n) is 4.32. The van der Waals surface area contributed by atoms with Crippen LogP contribution < -0.4 is 0 Å². The third-order valence-electron chi connectivity index (χ3n) is 2.97. The number of rotatable bonds is 4. The Hall–Kier alpha value is -1.99. The van der Waals surface area contributed by atoms with E-state index in [-0.39, 0.29) is 16.7 Å². The molecule has 0 aliphatic carbocycles. The number of alkyl halides is 1. The molecule has 0 unspecified atom stereocenters. The lowest BCUT2D eigenvalue weighted by molar-refractivity contribution is 0.594. The third-order valence-corrected chi connectivity index (χ3v) is 5.04. The largest absolute Gasteiger partial charge is 0.224 e. The molecule has 0 atom stereocenters. The molecule has 0 spiro atoms. The van der Waals surface area contributed by atoms with Crippen LogP contribution in [0.1, 0.15) is 0 Å². The van der Waals surface area contributed by atoms with Crippen molar-refractivity contribution in [3.05, 3.63) is 42.9 Å². The van der Waals surface area contributed by atoms with Crippen LogP contribution in [0.25, 0.3) is 16.7 Å². The van der Waals surface area contributed by atoms with E-state index in [0.29, 0.717) is 11.0 Å². The maximum Gasteiger partial charge on any atom is 0.197 e. The number of fused-ring (bicyclic) bond motifs is 1. The molecule has 2 aromatic heterocycles. The number of hydrogen-bond acceptors (Lipinski definition) is 5. The molecule has 0 saturated heterocycles. The van der Waals surface area contributed by atoms with Crippen LogP contribution in [0.2, 0.25) is 0 Å². The van der Waals surface area contributed by atoms with Gasteiger partial charge < -0.3 is 0 Å². The van der Waals surface area contributed by atoms with Crippen LogP contribution in [0.15, 0.2) is 47.9 Å². The molecule has 1 aromatic carbocycles. The normalized spacial score (nSPS) is 11.9. The summed E-state index contributed by atoms with van der Waals surface area (Å²) in [4.78, 5) is 8.04. The minimum Gasteiger partial charge on any atom is -0.224 e. The van der Waals surface area contributed by atoms with E-state index in [1.807, 2.05) is 30.3 Å². The Kier molecular flexibility index (Phi) is 3.60. The van der Waals surface area contributed by atoms with Crippen molar-refractivity contribution in [2.75, 3.05) is 11.6 Å². The van der Waals surface area contributed by atoms with E-state index >= 15 is 0 Å². The molecule has 0 N–H and O–H groups in total. The van der Waals surface area contributed by atoms with Crippen molar-refractivity contribution < 1.29 is 8.42 Å². The molecule has 0 radical (unpaired) electrons. The second-order valence-corrected chi connectivity index (χ2v) is 6.72. The standard InChI is InChI=1S/C13H11ClN4O2S/c14-6-7-21(19,20)13-11-8-17-18(12(11)15-9-16-13)10-4-2-1-3-5-10/h1-5,8-9H,6-7H2. The fourth-order valence-corrected chi connectivity index (χ4v) is 3.72. The molecule has 3 aromatic rings. The first-order valence-electron chi connectivity index (χ1n) is 6.16. The minimum atomic E-state index is -3.54. The Morgan fingerprint density at radius 2 is 1.90 bits per heavy atom. The van der Waals surface area contributed by atoms with Crippen molar-refractivity contribution in [2.45, 2.75) is 5.03 Å². The van der Waals surface area contributed by atoms with Crippen molar-refractivity contribution in [3.63, 3.8) is 0 Å². The third kappa shape index (κ3) is 2.50. The lowest BCUT2D eigenvalue weighted by Gasteiger charge is -2.04. The van der Waals surface area contributed by atoms with Gasteiger partial charge in [-0.2, -0.15) is 5.10 Å². The average molecular weight is 323 g/mol. The van der Waals surface area contributed by atoms with Gasteiger partial charge >= 0.3 is 0 Å². The predicted molar refractivity (Wildman–Crippen MR) is 79.4 cm³/mol. The summed E-state index contributed by atoms with van der Waals surface area (Å²) in [5.74, 6) is -0.155. The summed E-state index contributed by atoms with van der Waals surface area (Å²) in [6.45, 7) is 0. The summed E-state index contributed by atoms with van der Waals surface area (Å²) < 4.78 is 25.9. The number of sulfone groups is 1. The maximum absolute atomic E-state index is 12.2. The Morgan fingerprint density at radius 3 is 2.62 bits per heavy atom. The van der Waals surface area contributed by atoms with Crippen molar-refractivity contribution >= 4 is 32.5 Å². The lowest BCUT2D eigenvalue weighted by atomic mass is 10.3. The van der Waals surface area contributed by atoms with Crippen molar-refractivity contribution in [3.8, 4) is 5.69 Å². The van der Waals surface area contributed by atoms with Crippen LogP contribution in [0.5, 0.6) is 0 Å². The SMILES string of the molecule is O=S(=O)(CCCl)c1ncnc2c1cnn2-c1ccccc1. The fourth-order valence-electron chi connectivity index (χ4n) is 2.03. The molecule has 2 heterocycles. The molecule has 8 heteroatoms. The highest BCUT2D eigenvalue weighted by molar-refractivity contribution is 7.91. The number of nitrogens with zero attached hydrogens (tertiary/aromatic N) is 4. The van der Waals surface area contributed by atoms with Crippen molar-refractivity contribution in [1.29, 1.82) is 0 Å². The van der Waals surface area contributed by atoms with Gasteiger partial charge in [-0.1, -0.05) is 18.2 Å². The molecular weight excluding hydrogens is 312 g/mol. The molecule has 0 bridgehead atoms. The van der Waals surface area contributed by atoms with Crippen LogP contribution in [0, 0.1) is 0 Å². The highest BCUT2D eigenvalue weighted by Crippen LogP contribution is 2.22. The molecule has 0 aliphatic heterocycles. The number of halogens is 1. The molecule has 108 valence electrons. The van der Waals surface area contributed by atoms with Gasteiger partial charge in [0.1, 0.15) is 6.33 Å². The highest BCUT2D eigenvalue weighted by Gasteiger charge is 2.21. The predicted octanol–water partition coefficient (Wildman–Crippen LogP) is 1.83. The Labute approximate surface area is 126 Å². The topological polar surface area (TPSA) is 77.7 Å². The minimum absolute atomic E-state index is 0.0145. The van der Waals surface area contributed by atoms with Crippen LogP contribution in [0.3, 0.4) is 0 Å². The summed E-state index contributed by atoms with van der Waals surface area (Å²) in [6, 6.07) is 9.36. The zero-order chi connectivity index (χ0) is 14.9. The number of aromatic nitrogens is 4. The molecule has 0 amide bonds.